The van der Waals surface area contributed by atoms with E-state index in [4.69, 9.17) is 11.6 Å². The lowest BCUT2D eigenvalue weighted by Crippen LogP contribution is -2.12. The van der Waals surface area contributed by atoms with Gasteiger partial charge in [0.15, 0.2) is 5.78 Å². The average molecular weight is 290 g/mol. The first-order valence-electron chi connectivity index (χ1n) is 5.90. The van der Waals surface area contributed by atoms with Gasteiger partial charge in [-0.15, -0.1) is 11.6 Å². The van der Waals surface area contributed by atoms with Gasteiger partial charge in [-0.1, -0.05) is 0 Å². The number of hydrogen-bond acceptors (Lipinski definition) is 3. The van der Waals surface area contributed by atoms with Crippen LogP contribution in [0.25, 0.3) is 0 Å². The summed E-state index contributed by atoms with van der Waals surface area (Å²) in [5.74, 6) is -0.459. The van der Waals surface area contributed by atoms with Crippen LogP contribution in [0, 0.1) is 0 Å². The van der Waals surface area contributed by atoms with Crippen LogP contribution < -0.4 is 5.32 Å². The van der Waals surface area contributed by atoms with Crippen LogP contribution in [-0.2, 0) is 4.79 Å². The molecule has 0 spiro atoms. The van der Waals surface area contributed by atoms with Crippen LogP contribution >= 0.6 is 11.6 Å². The smallest absolute Gasteiger partial charge is 0.239 e. The lowest BCUT2D eigenvalue weighted by molar-refractivity contribution is -0.113. The highest BCUT2D eigenvalue weighted by molar-refractivity contribution is 6.29. The first-order chi connectivity index (χ1) is 9.60. The third kappa shape index (κ3) is 3.36. The Morgan fingerprint density at radius 3 is 1.95 bits per heavy atom. The van der Waals surface area contributed by atoms with E-state index in [1.165, 1.54) is 12.1 Å². The molecule has 20 heavy (non-hydrogen) atoms. The summed E-state index contributed by atoms with van der Waals surface area (Å²) in [6.45, 7) is 0. The van der Waals surface area contributed by atoms with Crippen molar-refractivity contribution >= 4 is 29.0 Å². The Labute approximate surface area is 121 Å². The fourth-order valence-electron chi connectivity index (χ4n) is 1.68. The molecule has 0 bridgehead atoms. The molecule has 0 aliphatic carbocycles. The van der Waals surface area contributed by atoms with Gasteiger partial charge < -0.3 is 10.4 Å². The highest BCUT2D eigenvalue weighted by atomic mass is 35.5. The van der Waals surface area contributed by atoms with Crippen molar-refractivity contribution in [1.29, 1.82) is 0 Å². The fraction of sp³-hybridized carbons (Fsp3) is 0.0667. The molecule has 0 fully saturated rings. The van der Waals surface area contributed by atoms with Crippen LogP contribution in [0.2, 0.25) is 0 Å². The molecule has 5 heteroatoms. The second-order valence-corrected chi connectivity index (χ2v) is 4.40. The zero-order chi connectivity index (χ0) is 14.5. The van der Waals surface area contributed by atoms with Gasteiger partial charge in [-0.05, 0) is 48.5 Å². The molecule has 0 unspecified atom stereocenters. The van der Waals surface area contributed by atoms with Gasteiger partial charge in [0, 0.05) is 16.8 Å². The largest absolute Gasteiger partial charge is 0.508 e. The highest BCUT2D eigenvalue weighted by Gasteiger charge is 2.09. The zero-order valence-corrected chi connectivity index (χ0v) is 11.2. The molecule has 0 aliphatic heterocycles. The number of aromatic hydroxyl groups is 1. The van der Waals surface area contributed by atoms with Gasteiger partial charge in [0.25, 0.3) is 0 Å². The molecular formula is C15H12ClNO3. The van der Waals surface area contributed by atoms with Crippen molar-refractivity contribution in [2.75, 3.05) is 11.2 Å². The molecule has 0 radical (unpaired) electrons. The number of benzene rings is 2. The number of carbonyl (C=O) groups is 2. The molecule has 1 amide bonds. The number of nitrogens with one attached hydrogen (secondary N) is 1. The second-order valence-electron chi connectivity index (χ2n) is 4.14. The molecule has 0 heterocycles. The molecule has 0 atom stereocenters. The normalized spacial score (nSPS) is 10.1. The second kappa shape index (κ2) is 6.21. The van der Waals surface area contributed by atoms with Crippen LogP contribution in [0.5, 0.6) is 5.75 Å². The predicted octanol–water partition coefficient (Wildman–Crippen LogP) is 2.80. The van der Waals surface area contributed by atoms with Gasteiger partial charge in [0.1, 0.15) is 11.6 Å². The lowest BCUT2D eigenvalue weighted by Gasteiger charge is -2.05. The van der Waals surface area contributed by atoms with E-state index < -0.39 is 0 Å². The molecule has 2 N–H and O–H groups in total. The molecule has 4 nitrogen and oxygen atoms in total. The minimum absolute atomic E-state index is 0.112. The monoisotopic (exact) mass is 289 g/mol. The van der Waals surface area contributed by atoms with Crippen molar-refractivity contribution in [1.82, 2.24) is 0 Å². The number of ketones is 1. The Kier molecular flexibility index (Phi) is 4.38. The highest BCUT2D eigenvalue weighted by Crippen LogP contribution is 2.16. The third-order valence-electron chi connectivity index (χ3n) is 2.68. The summed E-state index contributed by atoms with van der Waals surface area (Å²) in [5.41, 5.74) is 1.57. The van der Waals surface area contributed by atoms with Crippen LogP contribution in [0.1, 0.15) is 15.9 Å². The van der Waals surface area contributed by atoms with E-state index in [-0.39, 0.29) is 23.3 Å². The summed E-state index contributed by atoms with van der Waals surface area (Å²) in [6, 6.07) is 12.6. The Hall–Kier alpha value is -2.33. The van der Waals surface area contributed by atoms with E-state index in [1.807, 2.05) is 0 Å². The van der Waals surface area contributed by atoms with Crippen molar-refractivity contribution in [3.63, 3.8) is 0 Å². The standard InChI is InChI=1S/C15H12ClNO3/c16-9-14(19)17-12-5-1-10(2-6-12)15(20)11-3-7-13(18)8-4-11/h1-8,18H,9H2,(H,17,19). The lowest BCUT2D eigenvalue weighted by atomic mass is 10.0. The van der Waals surface area contributed by atoms with E-state index in [2.05, 4.69) is 5.32 Å². The van der Waals surface area contributed by atoms with E-state index in [1.54, 1.807) is 36.4 Å². The van der Waals surface area contributed by atoms with E-state index in [9.17, 15) is 14.7 Å². The van der Waals surface area contributed by atoms with Crippen LogP contribution in [0.4, 0.5) is 5.69 Å². The maximum Gasteiger partial charge on any atom is 0.239 e. The molecule has 2 aromatic carbocycles. The summed E-state index contributed by atoms with van der Waals surface area (Å²) < 4.78 is 0. The van der Waals surface area contributed by atoms with Gasteiger partial charge in [0.2, 0.25) is 5.91 Å². The summed E-state index contributed by atoms with van der Waals surface area (Å²) >= 11 is 5.39. The summed E-state index contributed by atoms with van der Waals surface area (Å²) in [7, 11) is 0. The van der Waals surface area contributed by atoms with Gasteiger partial charge in [-0.3, -0.25) is 9.59 Å². The topological polar surface area (TPSA) is 66.4 Å². The third-order valence-corrected chi connectivity index (χ3v) is 2.92. The SMILES string of the molecule is O=C(CCl)Nc1ccc(C(=O)c2ccc(O)cc2)cc1. The summed E-state index contributed by atoms with van der Waals surface area (Å²) in [5, 5.41) is 11.8. The Balaban J connectivity index is 2.15. The number of anilines is 1. The number of phenolic OH excluding ortho intramolecular Hbond substituents is 1. The minimum Gasteiger partial charge on any atom is -0.508 e. The quantitative estimate of drug-likeness (QED) is 0.672. The first-order valence-corrected chi connectivity index (χ1v) is 6.43. The Morgan fingerprint density at radius 2 is 1.45 bits per heavy atom. The van der Waals surface area contributed by atoms with Crippen molar-refractivity contribution in [2.45, 2.75) is 0 Å². The van der Waals surface area contributed by atoms with E-state index in [0.29, 0.717) is 16.8 Å². The number of alkyl halides is 1. The Bertz CT molecular complexity index is 621. The van der Waals surface area contributed by atoms with Crippen molar-refractivity contribution in [3.8, 4) is 5.75 Å². The van der Waals surface area contributed by atoms with E-state index in [0.717, 1.165) is 0 Å². The summed E-state index contributed by atoms with van der Waals surface area (Å²) in [4.78, 5) is 23.3. The van der Waals surface area contributed by atoms with E-state index >= 15 is 0 Å². The molecule has 102 valence electrons. The number of rotatable bonds is 4. The number of hydrogen-bond donors (Lipinski definition) is 2. The molecule has 2 aromatic rings. The van der Waals surface area contributed by atoms with Gasteiger partial charge in [0.05, 0.1) is 0 Å². The molecule has 2 rings (SSSR count). The number of phenols is 1. The van der Waals surface area contributed by atoms with Crippen molar-refractivity contribution in [3.05, 3.63) is 59.7 Å². The molecule has 0 saturated carbocycles. The maximum absolute atomic E-state index is 12.2. The van der Waals surface area contributed by atoms with Crippen LogP contribution in [0.3, 0.4) is 0 Å². The summed E-state index contributed by atoms with van der Waals surface area (Å²) in [6.07, 6.45) is 0. The Morgan fingerprint density at radius 1 is 0.950 bits per heavy atom. The van der Waals surface area contributed by atoms with Crippen molar-refractivity contribution < 1.29 is 14.7 Å². The number of carbonyl (C=O) groups excluding carboxylic acids is 2. The molecular weight excluding hydrogens is 278 g/mol. The maximum atomic E-state index is 12.2. The average Bonchev–Trinajstić information content (AvgIpc) is 2.48. The minimum atomic E-state index is -0.302. The van der Waals surface area contributed by atoms with Crippen LogP contribution in [-0.4, -0.2) is 22.7 Å². The predicted molar refractivity (Wildman–Crippen MR) is 77.3 cm³/mol. The fourth-order valence-corrected chi connectivity index (χ4v) is 1.75. The van der Waals surface area contributed by atoms with Gasteiger partial charge in [-0.25, -0.2) is 0 Å². The van der Waals surface area contributed by atoms with Gasteiger partial charge in [-0.2, -0.15) is 0 Å². The van der Waals surface area contributed by atoms with Gasteiger partial charge >= 0.3 is 0 Å². The first kappa shape index (κ1) is 14.1. The van der Waals surface area contributed by atoms with Crippen LogP contribution in [0.15, 0.2) is 48.5 Å². The number of amides is 1. The molecule has 0 saturated heterocycles. The molecule has 0 aliphatic rings. The van der Waals surface area contributed by atoms with Crippen molar-refractivity contribution in [2.24, 2.45) is 0 Å². The number of halogens is 1. The molecule has 0 aromatic heterocycles. The zero-order valence-electron chi connectivity index (χ0n) is 10.5.